The maximum atomic E-state index is 13.2. The fourth-order valence-corrected chi connectivity index (χ4v) is 5.81. The number of nitrogens with one attached hydrogen (secondary N) is 1. The molecule has 1 N–H and O–H groups in total. The molecule has 4 aromatic carbocycles. The van der Waals surface area contributed by atoms with Gasteiger partial charge in [0, 0.05) is 85.2 Å². The number of rotatable bonds is 11. The Bertz CT molecular complexity index is 2020. The molecule has 0 aromatic heterocycles. The van der Waals surface area contributed by atoms with Crippen LogP contribution < -0.4 is 5.32 Å². The summed E-state index contributed by atoms with van der Waals surface area (Å²) in [6.07, 6.45) is -0.105. The number of benzene rings is 4. The van der Waals surface area contributed by atoms with Crippen LogP contribution in [0.3, 0.4) is 0 Å². The summed E-state index contributed by atoms with van der Waals surface area (Å²) in [7, 11) is 0. The zero-order valence-corrected chi connectivity index (χ0v) is 23.5. The molecule has 0 spiro atoms. The Morgan fingerprint density at radius 2 is 1.09 bits per heavy atom. The van der Waals surface area contributed by atoms with Gasteiger partial charge in [-0.1, -0.05) is 24.3 Å². The van der Waals surface area contributed by atoms with Crippen LogP contribution in [0, 0.1) is 20.2 Å². The molecule has 2 aliphatic heterocycles. The number of hydrogen-bond donors (Lipinski definition) is 1. The second-order valence-electron chi connectivity index (χ2n) is 10.6. The summed E-state index contributed by atoms with van der Waals surface area (Å²) in [5.74, 6) is -2.73. The summed E-state index contributed by atoms with van der Waals surface area (Å²) in [6.45, 7) is 0.0811. The highest BCUT2D eigenvalue weighted by Gasteiger charge is 2.35. The lowest BCUT2D eigenvalue weighted by Crippen LogP contribution is -2.44. The number of non-ortho nitro benzene ring substituents is 2. The molecular weight excluding hydrogens is 586 g/mol. The van der Waals surface area contributed by atoms with E-state index in [1.807, 2.05) is 0 Å². The second-order valence-corrected chi connectivity index (χ2v) is 10.6. The maximum Gasteiger partial charge on any atom is 0.270 e. The minimum absolute atomic E-state index is 0.0267. The number of carbonyl (C=O) groups excluding carboxylic acids is 5. The van der Waals surface area contributed by atoms with Gasteiger partial charge >= 0.3 is 0 Å². The topological polar surface area (TPSA) is 190 Å². The molecule has 0 fully saturated rings. The van der Waals surface area contributed by atoms with E-state index in [0.29, 0.717) is 21.5 Å². The van der Waals surface area contributed by atoms with Crippen LogP contribution in [0.15, 0.2) is 60.7 Å². The van der Waals surface area contributed by atoms with Crippen molar-refractivity contribution in [3.8, 4) is 0 Å². The first kappa shape index (κ1) is 29.2. The smallest absolute Gasteiger partial charge is 0.270 e. The van der Waals surface area contributed by atoms with Gasteiger partial charge in [-0.25, -0.2) is 0 Å². The molecule has 4 amide bonds. The van der Waals surface area contributed by atoms with Gasteiger partial charge in [-0.3, -0.25) is 54.0 Å². The minimum Gasteiger partial charge on any atom is -0.315 e. The molecule has 45 heavy (non-hydrogen) atoms. The van der Waals surface area contributed by atoms with Crippen LogP contribution >= 0.6 is 0 Å². The predicted octanol–water partition coefficient (Wildman–Crippen LogP) is 3.64. The molecule has 2 aliphatic rings. The van der Waals surface area contributed by atoms with Crippen molar-refractivity contribution in [3.63, 3.8) is 0 Å². The molecule has 4 aromatic rings. The normalized spacial score (nSPS) is 14.0. The van der Waals surface area contributed by atoms with Crippen LogP contribution in [0.25, 0.3) is 21.5 Å². The molecule has 0 aliphatic carbocycles. The third kappa shape index (κ3) is 5.06. The van der Waals surface area contributed by atoms with Crippen LogP contribution in [0.2, 0.25) is 0 Å². The van der Waals surface area contributed by atoms with E-state index in [2.05, 4.69) is 5.32 Å². The number of ketones is 1. The Labute approximate surface area is 253 Å². The monoisotopic (exact) mass is 609 g/mol. The zero-order valence-electron chi connectivity index (χ0n) is 23.5. The lowest BCUT2D eigenvalue weighted by atomic mass is 9.93. The standard InChI is InChI=1S/C31H23N5O9/c37-21(8-11-33-28(38)22-5-1-3-17-13-19(35(42)43)15-24(26(17)22)30(33)40)7-9-32-10-12-34-29(39)23-6-2-4-18-14-20(36(44)45)16-25(27(18)23)31(34)41/h1-6,13-16,32H,7-12H2. The number of amides is 4. The molecule has 0 unspecified atom stereocenters. The van der Waals surface area contributed by atoms with E-state index in [0.717, 1.165) is 21.9 Å². The van der Waals surface area contributed by atoms with Crippen LogP contribution in [-0.2, 0) is 4.79 Å². The number of nitro benzene ring substituents is 2. The quantitative estimate of drug-likeness (QED) is 0.114. The van der Waals surface area contributed by atoms with E-state index in [1.54, 1.807) is 30.3 Å². The predicted molar refractivity (Wildman–Crippen MR) is 159 cm³/mol. The summed E-state index contributed by atoms with van der Waals surface area (Å²) in [4.78, 5) is 88.6. The zero-order chi connectivity index (χ0) is 32.0. The first-order valence-electron chi connectivity index (χ1n) is 13.9. The van der Waals surface area contributed by atoms with E-state index in [9.17, 15) is 44.2 Å². The number of nitro groups is 2. The van der Waals surface area contributed by atoms with Crippen LogP contribution in [-0.4, -0.2) is 75.2 Å². The molecular formula is C31H23N5O9. The molecule has 0 saturated carbocycles. The van der Waals surface area contributed by atoms with Crippen molar-refractivity contribution in [2.45, 2.75) is 12.8 Å². The highest BCUT2D eigenvalue weighted by Crippen LogP contribution is 2.35. The summed E-state index contributed by atoms with van der Waals surface area (Å²) in [5.41, 5.74) is 0.0434. The fraction of sp³-hybridized carbons (Fsp3) is 0.194. The van der Waals surface area contributed by atoms with Gasteiger partial charge in [0.15, 0.2) is 0 Å². The number of nitrogens with zero attached hydrogens (tertiary/aromatic N) is 4. The summed E-state index contributed by atoms with van der Waals surface area (Å²) in [6, 6.07) is 14.4. The Kier molecular flexibility index (Phi) is 7.34. The summed E-state index contributed by atoms with van der Waals surface area (Å²) in [5, 5.41) is 27.3. The van der Waals surface area contributed by atoms with Crippen molar-refractivity contribution >= 4 is 62.3 Å². The van der Waals surface area contributed by atoms with Gasteiger partial charge in [-0.15, -0.1) is 0 Å². The Morgan fingerprint density at radius 1 is 0.622 bits per heavy atom. The van der Waals surface area contributed by atoms with E-state index < -0.39 is 33.5 Å². The van der Waals surface area contributed by atoms with Crippen molar-refractivity contribution in [2.24, 2.45) is 0 Å². The molecule has 0 saturated heterocycles. The largest absolute Gasteiger partial charge is 0.315 e. The van der Waals surface area contributed by atoms with Crippen molar-refractivity contribution in [1.29, 1.82) is 0 Å². The molecule has 14 heteroatoms. The van der Waals surface area contributed by atoms with Crippen molar-refractivity contribution in [1.82, 2.24) is 15.1 Å². The Hall–Kier alpha value is -5.89. The van der Waals surface area contributed by atoms with Crippen molar-refractivity contribution in [3.05, 3.63) is 103 Å². The van der Waals surface area contributed by atoms with E-state index in [4.69, 9.17) is 0 Å². The van der Waals surface area contributed by atoms with Crippen LogP contribution in [0.5, 0.6) is 0 Å². The van der Waals surface area contributed by atoms with Crippen LogP contribution in [0.1, 0.15) is 54.3 Å². The SMILES string of the molecule is O=C(CCNCCN1C(=O)c2cccc3cc([N+](=O)[O-])cc(c23)C1=O)CCN1C(=O)c2cccc3cc([N+](=O)[O-])cc(c23)C1=O. The second kappa shape index (κ2) is 11.3. The molecule has 226 valence electrons. The van der Waals surface area contributed by atoms with Crippen LogP contribution in [0.4, 0.5) is 11.4 Å². The Balaban J connectivity index is 1.04. The first-order valence-corrected chi connectivity index (χ1v) is 13.9. The number of Topliss-reactive ketones (excluding diaryl/α,β-unsaturated/α-hetero) is 1. The van der Waals surface area contributed by atoms with Gasteiger partial charge in [0.05, 0.1) is 21.0 Å². The highest BCUT2D eigenvalue weighted by molar-refractivity contribution is 6.26. The average Bonchev–Trinajstić information content (AvgIpc) is 3.02. The lowest BCUT2D eigenvalue weighted by Gasteiger charge is -2.27. The molecule has 14 nitrogen and oxygen atoms in total. The summed E-state index contributed by atoms with van der Waals surface area (Å²) < 4.78 is 0. The molecule has 0 atom stereocenters. The highest BCUT2D eigenvalue weighted by atomic mass is 16.6. The van der Waals surface area contributed by atoms with Gasteiger partial charge in [-0.2, -0.15) is 0 Å². The molecule has 0 radical (unpaired) electrons. The van der Waals surface area contributed by atoms with E-state index >= 15 is 0 Å². The number of hydrogen-bond acceptors (Lipinski definition) is 10. The third-order valence-corrected chi connectivity index (χ3v) is 7.95. The Morgan fingerprint density at radius 3 is 1.58 bits per heavy atom. The average molecular weight is 610 g/mol. The maximum absolute atomic E-state index is 13.2. The number of carbonyl (C=O) groups is 5. The third-order valence-electron chi connectivity index (χ3n) is 7.95. The van der Waals surface area contributed by atoms with Gasteiger partial charge in [0.2, 0.25) is 0 Å². The van der Waals surface area contributed by atoms with E-state index in [-0.39, 0.29) is 78.4 Å². The first-order chi connectivity index (χ1) is 21.6. The van der Waals surface area contributed by atoms with Crippen molar-refractivity contribution < 1.29 is 33.8 Å². The van der Waals surface area contributed by atoms with Gasteiger partial charge < -0.3 is 5.32 Å². The van der Waals surface area contributed by atoms with Crippen molar-refractivity contribution in [2.75, 3.05) is 26.2 Å². The van der Waals surface area contributed by atoms with Gasteiger partial charge in [0.25, 0.3) is 35.0 Å². The van der Waals surface area contributed by atoms with Gasteiger partial charge in [-0.05, 0) is 22.9 Å². The number of imide groups is 2. The van der Waals surface area contributed by atoms with Gasteiger partial charge in [0.1, 0.15) is 5.78 Å². The molecule has 0 bridgehead atoms. The molecule has 2 heterocycles. The fourth-order valence-electron chi connectivity index (χ4n) is 5.81. The molecule has 6 rings (SSSR count). The van der Waals surface area contributed by atoms with E-state index in [1.165, 1.54) is 18.2 Å². The minimum atomic E-state index is -0.711. The summed E-state index contributed by atoms with van der Waals surface area (Å²) >= 11 is 0. The lowest BCUT2D eigenvalue weighted by molar-refractivity contribution is -0.384.